The van der Waals surface area contributed by atoms with Gasteiger partial charge in [0.2, 0.25) is 5.91 Å². The van der Waals surface area contributed by atoms with Crippen molar-refractivity contribution in [2.24, 2.45) is 0 Å². The average molecular weight is 308 g/mol. The van der Waals surface area contributed by atoms with Gasteiger partial charge in [-0.3, -0.25) is 4.79 Å². The van der Waals surface area contributed by atoms with Gasteiger partial charge in [0.05, 0.1) is 6.10 Å². The lowest BCUT2D eigenvalue weighted by molar-refractivity contribution is -0.121. The molecule has 1 aromatic carbocycles. The highest BCUT2D eigenvalue weighted by atomic mass is 19.1. The van der Waals surface area contributed by atoms with Crippen LogP contribution in [0.1, 0.15) is 31.2 Å². The molecular weight excluding hydrogens is 283 g/mol. The minimum Gasteiger partial charge on any atom is -0.393 e. The number of nitrogens with zero attached hydrogens (tertiary/aromatic N) is 1. The smallest absolute Gasteiger partial charge is 0.220 e. The van der Waals surface area contributed by atoms with Crippen LogP contribution in [0.3, 0.4) is 0 Å². The lowest BCUT2D eigenvalue weighted by Gasteiger charge is -2.29. The summed E-state index contributed by atoms with van der Waals surface area (Å²) in [6.45, 7) is 3.46. The number of aryl methyl sites for hydroxylation is 1. The lowest BCUT2D eigenvalue weighted by atomic mass is 10.1. The molecule has 122 valence electrons. The number of aliphatic hydroxyl groups excluding tert-OH is 1. The van der Waals surface area contributed by atoms with Crippen molar-refractivity contribution in [1.82, 2.24) is 10.2 Å². The van der Waals surface area contributed by atoms with E-state index in [0.29, 0.717) is 24.9 Å². The highest BCUT2D eigenvalue weighted by Gasteiger charge is 2.16. The van der Waals surface area contributed by atoms with Crippen LogP contribution in [0.5, 0.6) is 0 Å². The number of carbonyl (C=O) groups excluding carboxylic acids is 1. The zero-order chi connectivity index (χ0) is 15.8. The SMILES string of the molecule is O=C(CCc1ccccc1F)NCCCN1CCC(O)CC1. The van der Waals surface area contributed by atoms with E-state index in [4.69, 9.17) is 0 Å². The van der Waals surface area contributed by atoms with E-state index in [1.54, 1.807) is 18.2 Å². The molecule has 2 N–H and O–H groups in total. The Kier molecular flexibility index (Phi) is 6.80. The topological polar surface area (TPSA) is 52.6 Å². The third kappa shape index (κ3) is 5.73. The zero-order valence-electron chi connectivity index (χ0n) is 12.9. The molecule has 5 heteroatoms. The molecule has 0 saturated carbocycles. The number of amides is 1. The van der Waals surface area contributed by atoms with Crippen LogP contribution in [0.2, 0.25) is 0 Å². The quantitative estimate of drug-likeness (QED) is 0.754. The second-order valence-corrected chi connectivity index (χ2v) is 5.87. The third-order valence-electron chi connectivity index (χ3n) is 4.11. The van der Waals surface area contributed by atoms with Gasteiger partial charge in [0.15, 0.2) is 0 Å². The van der Waals surface area contributed by atoms with Crippen molar-refractivity contribution in [2.75, 3.05) is 26.2 Å². The minimum atomic E-state index is -0.248. The highest BCUT2D eigenvalue weighted by Crippen LogP contribution is 2.10. The fraction of sp³-hybridized carbons (Fsp3) is 0.588. The van der Waals surface area contributed by atoms with Crippen molar-refractivity contribution in [3.05, 3.63) is 35.6 Å². The minimum absolute atomic E-state index is 0.0303. The summed E-state index contributed by atoms with van der Waals surface area (Å²) in [6, 6.07) is 6.57. The molecule has 1 aliphatic rings. The van der Waals surface area contributed by atoms with E-state index in [1.807, 2.05) is 0 Å². The van der Waals surface area contributed by atoms with Crippen molar-refractivity contribution in [3.8, 4) is 0 Å². The van der Waals surface area contributed by atoms with E-state index in [-0.39, 0.29) is 17.8 Å². The maximum Gasteiger partial charge on any atom is 0.220 e. The van der Waals surface area contributed by atoms with Crippen molar-refractivity contribution >= 4 is 5.91 Å². The van der Waals surface area contributed by atoms with E-state index in [2.05, 4.69) is 10.2 Å². The lowest BCUT2D eigenvalue weighted by Crippen LogP contribution is -2.37. The molecule has 4 nitrogen and oxygen atoms in total. The Morgan fingerprint density at radius 2 is 2.05 bits per heavy atom. The molecule has 1 aromatic rings. The van der Waals surface area contributed by atoms with Gasteiger partial charge in [-0.15, -0.1) is 0 Å². The number of nitrogens with one attached hydrogen (secondary N) is 1. The Labute approximate surface area is 131 Å². The van der Waals surface area contributed by atoms with E-state index in [0.717, 1.165) is 38.9 Å². The fourth-order valence-electron chi connectivity index (χ4n) is 2.71. The van der Waals surface area contributed by atoms with Crippen LogP contribution in [0.25, 0.3) is 0 Å². The second kappa shape index (κ2) is 8.86. The van der Waals surface area contributed by atoms with E-state index >= 15 is 0 Å². The van der Waals surface area contributed by atoms with Gasteiger partial charge in [0, 0.05) is 26.1 Å². The zero-order valence-corrected chi connectivity index (χ0v) is 12.9. The Bertz CT molecular complexity index is 473. The van der Waals surface area contributed by atoms with Gasteiger partial charge in [0.25, 0.3) is 0 Å². The maximum absolute atomic E-state index is 13.4. The summed E-state index contributed by atoms with van der Waals surface area (Å²) in [6.07, 6.45) is 3.19. The van der Waals surface area contributed by atoms with Gasteiger partial charge < -0.3 is 15.3 Å². The van der Waals surface area contributed by atoms with Gasteiger partial charge >= 0.3 is 0 Å². The van der Waals surface area contributed by atoms with Crippen molar-refractivity contribution < 1.29 is 14.3 Å². The number of carbonyl (C=O) groups is 1. The Morgan fingerprint density at radius 3 is 2.77 bits per heavy atom. The summed E-state index contributed by atoms with van der Waals surface area (Å²) in [4.78, 5) is 14.1. The van der Waals surface area contributed by atoms with E-state index in [9.17, 15) is 14.3 Å². The molecule has 1 aliphatic heterocycles. The molecule has 1 saturated heterocycles. The first-order valence-electron chi connectivity index (χ1n) is 8.05. The van der Waals surface area contributed by atoms with Crippen LogP contribution in [-0.4, -0.2) is 48.2 Å². The van der Waals surface area contributed by atoms with Crippen LogP contribution in [-0.2, 0) is 11.2 Å². The monoisotopic (exact) mass is 308 g/mol. The number of piperidine rings is 1. The molecule has 2 rings (SSSR count). The van der Waals surface area contributed by atoms with Gasteiger partial charge in [0.1, 0.15) is 5.82 Å². The molecule has 0 spiro atoms. The van der Waals surface area contributed by atoms with Crippen LogP contribution >= 0.6 is 0 Å². The van der Waals surface area contributed by atoms with Crippen LogP contribution in [0.15, 0.2) is 24.3 Å². The summed E-state index contributed by atoms with van der Waals surface area (Å²) >= 11 is 0. The second-order valence-electron chi connectivity index (χ2n) is 5.87. The predicted molar refractivity (Wildman–Crippen MR) is 84.0 cm³/mol. The molecule has 0 radical (unpaired) electrons. The summed E-state index contributed by atoms with van der Waals surface area (Å²) < 4.78 is 13.4. The number of hydrogen-bond acceptors (Lipinski definition) is 3. The Hall–Kier alpha value is -1.46. The molecular formula is C17H25FN2O2. The summed E-state index contributed by atoms with van der Waals surface area (Å²) in [5, 5.41) is 12.3. The fourth-order valence-corrected chi connectivity index (χ4v) is 2.71. The number of aliphatic hydroxyl groups is 1. The van der Waals surface area contributed by atoms with Crippen molar-refractivity contribution in [3.63, 3.8) is 0 Å². The summed E-state index contributed by atoms with van der Waals surface area (Å²) in [5.74, 6) is -0.278. The molecule has 1 heterocycles. The normalized spacial score (nSPS) is 16.6. The molecule has 1 amide bonds. The third-order valence-corrected chi connectivity index (χ3v) is 4.11. The van der Waals surface area contributed by atoms with Gasteiger partial charge in [-0.05, 0) is 43.9 Å². The molecule has 0 atom stereocenters. The first kappa shape index (κ1) is 16.9. The molecule has 0 bridgehead atoms. The molecule has 0 aromatic heterocycles. The first-order valence-corrected chi connectivity index (χ1v) is 8.05. The summed E-state index contributed by atoms with van der Waals surface area (Å²) in [5.41, 5.74) is 0.588. The average Bonchev–Trinajstić information content (AvgIpc) is 2.52. The number of hydrogen-bond donors (Lipinski definition) is 2. The van der Waals surface area contributed by atoms with E-state index in [1.165, 1.54) is 6.07 Å². The Morgan fingerprint density at radius 1 is 1.32 bits per heavy atom. The number of rotatable bonds is 7. The van der Waals surface area contributed by atoms with Gasteiger partial charge in [-0.25, -0.2) is 4.39 Å². The predicted octanol–water partition coefficient (Wildman–Crippen LogP) is 1.72. The van der Waals surface area contributed by atoms with Gasteiger partial charge in [-0.1, -0.05) is 18.2 Å². The van der Waals surface area contributed by atoms with Crippen LogP contribution in [0.4, 0.5) is 4.39 Å². The molecule has 0 unspecified atom stereocenters. The van der Waals surface area contributed by atoms with Crippen LogP contribution in [0, 0.1) is 5.82 Å². The first-order chi connectivity index (χ1) is 10.6. The molecule has 0 aliphatic carbocycles. The van der Waals surface area contributed by atoms with Crippen molar-refractivity contribution in [2.45, 2.75) is 38.2 Å². The number of halogens is 1. The standard InChI is InChI=1S/C17H25FN2O2/c18-16-5-2-1-4-14(16)6-7-17(22)19-10-3-11-20-12-8-15(21)9-13-20/h1-2,4-5,15,21H,3,6-13H2,(H,19,22). The summed E-state index contributed by atoms with van der Waals surface area (Å²) in [7, 11) is 0. The van der Waals surface area contributed by atoms with E-state index < -0.39 is 0 Å². The van der Waals surface area contributed by atoms with Gasteiger partial charge in [-0.2, -0.15) is 0 Å². The highest BCUT2D eigenvalue weighted by molar-refractivity contribution is 5.76. The Balaban J connectivity index is 1.55. The maximum atomic E-state index is 13.4. The van der Waals surface area contributed by atoms with Crippen molar-refractivity contribution in [1.29, 1.82) is 0 Å². The number of likely N-dealkylation sites (tertiary alicyclic amines) is 1. The van der Waals surface area contributed by atoms with Crippen LogP contribution < -0.4 is 5.32 Å². The molecule has 22 heavy (non-hydrogen) atoms. The largest absolute Gasteiger partial charge is 0.393 e. The number of benzene rings is 1. The molecule has 1 fully saturated rings.